The number of halogens is 1. The summed E-state index contributed by atoms with van der Waals surface area (Å²) in [6.45, 7) is 5.06. The Morgan fingerprint density at radius 1 is 1.21 bits per heavy atom. The summed E-state index contributed by atoms with van der Waals surface area (Å²) in [6, 6.07) is 11.1. The van der Waals surface area contributed by atoms with Gasteiger partial charge in [-0.05, 0) is 44.3 Å². The molecular formula is C22H21FN4O2. The zero-order valence-corrected chi connectivity index (χ0v) is 16.3. The number of benzene rings is 1. The highest BCUT2D eigenvalue weighted by atomic mass is 19.1. The number of rotatable bonds is 2. The van der Waals surface area contributed by atoms with Gasteiger partial charge in [0, 0.05) is 55.2 Å². The second-order valence-corrected chi connectivity index (χ2v) is 7.66. The van der Waals surface area contributed by atoms with Gasteiger partial charge in [0.2, 0.25) is 0 Å². The van der Waals surface area contributed by atoms with Crippen molar-refractivity contribution in [1.82, 2.24) is 14.3 Å². The smallest absolute Gasteiger partial charge is 0.345 e. The maximum absolute atomic E-state index is 13.9. The summed E-state index contributed by atoms with van der Waals surface area (Å²) in [5.74, 6) is -0.435. The van der Waals surface area contributed by atoms with Gasteiger partial charge in [0.1, 0.15) is 5.58 Å². The van der Waals surface area contributed by atoms with Crippen LogP contribution >= 0.6 is 0 Å². The highest BCUT2D eigenvalue weighted by Crippen LogP contribution is 2.26. The van der Waals surface area contributed by atoms with Crippen LogP contribution in [0.4, 0.5) is 10.1 Å². The first-order chi connectivity index (χ1) is 14.0. The molecule has 4 heterocycles. The van der Waals surface area contributed by atoms with E-state index in [2.05, 4.69) is 28.8 Å². The van der Waals surface area contributed by atoms with E-state index in [1.54, 1.807) is 28.9 Å². The van der Waals surface area contributed by atoms with Gasteiger partial charge in [-0.3, -0.25) is 0 Å². The van der Waals surface area contributed by atoms with Gasteiger partial charge in [-0.2, -0.15) is 0 Å². The summed E-state index contributed by atoms with van der Waals surface area (Å²) in [5.41, 5.74) is 2.00. The number of anilines is 1. The van der Waals surface area contributed by atoms with Crippen LogP contribution in [0, 0.1) is 5.82 Å². The first-order valence-corrected chi connectivity index (χ1v) is 9.66. The van der Waals surface area contributed by atoms with Crippen LogP contribution in [-0.4, -0.2) is 47.0 Å². The minimum Gasteiger partial charge on any atom is -0.422 e. The molecule has 4 aromatic rings. The van der Waals surface area contributed by atoms with Crippen LogP contribution in [0.5, 0.6) is 0 Å². The standard InChI is InChI=1S/C22H21FN4O2/c1-14-12-26(9-8-25(14)2)16-6-5-15-10-17(22(28)29-20(15)11-16)19-13-27-7-3-4-18(23)21(27)24-19/h3-7,10-11,13-14H,8-9,12H2,1-2H3/t14-/m0/s1. The third kappa shape index (κ3) is 3.07. The number of piperazine rings is 1. The fourth-order valence-electron chi connectivity index (χ4n) is 3.87. The number of imidazole rings is 1. The third-order valence-corrected chi connectivity index (χ3v) is 5.76. The fourth-order valence-corrected chi connectivity index (χ4v) is 3.87. The topological polar surface area (TPSA) is 54.0 Å². The molecule has 1 atom stereocenters. The van der Waals surface area contributed by atoms with E-state index in [4.69, 9.17) is 4.42 Å². The Morgan fingerprint density at radius 3 is 2.86 bits per heavy atom. The molecule has 0 aliphatic carbocycles. The molecule has 29 heavy (non-hydrogen) atoms. The molecule has 7 heteroatoms. The lowest BCUT2D eigenvalue weighted by Gasteiger charge is -2.39. The summed E-state index contributed by atoms with van der Waals surface area (Å²) in [7, 11) is 2.13. The van der Waals surface area contributed by atoms with Gasteiger partial charge in [0.15, 0.2) is 11.5 Å². The van der Waals surface area contributed by atoms with E-state index in [1.807, 2.05) is 18.2 Å². The molecule has 1 saturated heterocycles. The molecule has 0 saturated carbocycles. The van der Waals surface area contributed by atoms with Crippen molar-refractivity contribution < 1.29 is 8.81 Å². The van der Waals surface area contributed by atoms with Crippen molar-refractivity contribution in [3.05, 3.63) is 65.0 Å². The molecule has 1 aromatic carbocycles. The molecule has 148 valence electrons. The fraction of sp³-hybridized carbons (Fsp3) is 0.273. The number of fused-ring (bicyclic) bond motifs is 2. The quantitative estimate of drug-likeness (QED) is 0.490. The van der Waals surface area contributed by atoms with Gasteiger partial charge in [0.25, 0.3) is 0 Å². The second-order valence-electron chi connectivity index (χ2n) is 7.66. The summed E-state index contributed by atoms with van der Waals surface area (Å²) >= 11 is 0. The van der Waals surface area contributed by atoms with Crippen LogP contribution in [0.15, 0.2) is 58.0 Å². The Kier molecular flexibility index (Phi) is 4.13. The van der Waals surface area contributed by atoms with E-state index >= 15 is 0 Å². The molecule has 0 amide bonds. The molecule has 3 aromatic heterocycles. The van der Waals surface area contributed by atoms with Crippen molar-refractivity contribution in [2.24, 2.45) is 0 Å². The molecule has 5 rings (SSSR count). The van der Waals surface area contributed by atoms with Crippen molar-refractivity contribution in [2.45, 2.75) is 13.0 Å². The van der Waals surface area contributed by atoms with Crippen LogP contribution in [0.3, 0.4) is 0 Å². The van der Waals surface area contributed by atoms with Crippen molar-refractivity contribution in [2.75, 3.05) is 31.6 Å². The zero-order chi connectivity index (χ0) is 20.1. The third-order valence-electron chi connectivity index (χ3n) is 5.76. The summed E-state index contributed by atoms with van der Waals surface area (Å²) in [4.78, 5) is 21.6. The van der Waals surface area contributed by atoms with Gasteiger partial charge in [-0.15, -0.1) is 0 Å². The van der Waals surface area contributed by atoms with Crippen LogP contribution in [-0.2, 0) is 0 Å². The molecule has 1 aliphatic rings. The van der Waals surface area contributed by atoms with E-state index in [0.29, 0.717) is 22.9 Å². The highest BCUT2D eigenvalue weighted by molar-refractivity contribution is 5.84. The molecule has 1 aliphatic heterocycles. The Balaban J connectivity index is 1.55. The summed E-state index contributed by atoms with van der Waals surface area (Å²) in [6.07, 6.45) is 3.33. The number of nitrogens with zero attached hydrogens (tertiary/aromatic N) is 4. The molecule has 0 N–H and O–H groups in total. The molecule has 1 fully saturated rings. The van der Waals surface area contributed by atoms with Crippen LogP contribution in [0.2, 0.25) is 0 Å². The molecule has 0 bridgehead atoms. The molecule has 0 spiro atoms. The van der Waals surface area contributed by atoms with Crippen LogP contribution < -0.4 is 10.5 Å². The van der Waals surface area contributed by atoms with E-state index in [1.165, 1.54) is 6.07 Å². The average Bonchev–Trinajstić information content (AvgIpc) is 3.14. The minimum atomic E-state index is -0.481. The first-order valence-electron chi connectivity index (χ1n) is 9.66. The Hall–Kier alpha value is -3.19. The normalized spacial score (nSPS) is 18.0. The number of pyridine rings is 1. The number of likely N-dealkylation sites (N-methyl/N-ethyl adjacent to an activating group) is 1. The predicted octanol–water partition coefficient (Wildman–Crippen LogP) is 3.39. The maximum atomic E-state index is 13.9. The minimum absolute atomic E-state index is 0.182. The van der Waals surface area contributed by atoms with E-state index < -0.39 is 11.4 Å². The van der Waals surface area contributed by atoms with Crippen molar-refractivity contribution in [3.63, 3.8) is 0 Å². The molecule has 0 unspecified atom stereocenters. The molecular weight excluding hydrogens is 371 g/mol. The first kappa shape index (κ1) is 17.9. The molecule has 6 nitrogen and oxygen atoms in total. The van der Waals surface area contributed by atoms with Crippen molar-refractivity contribution in [1.29, 1.82) is 0 Å². The Bertz CT molecular complexity index is 1280. The van der Waals surface area contributed by atoms with Crippen LogP contribution in [0.25, 0.3) is 27.9 Å². The lowest BCUT2D eigenvalue weighted by molar-refractivity contribution is 0.234. The molecule has 0 radical (unpaired) electrons. The lowest BCUT2D eigenvalue weighted by Crippen LogP contribution is -2.50. The van der Waals surface area contributed by atoms with Gasteiger partial charge in [-0.25, -0.2) is 14.2 Å². The van der Waals surface area contributed by atoms with Gasteiger partial charge < -0.3 is 18.6 Å². The number of hydrogen-bond donors (Lipinski definition) is 0. The Labute approximate surface area is 166 Å². The average molecular weight is 392 g/mol. The zero-order valence-electron chi connectivity index (χ0n) is 16.3. The highest BCUT2D eigenvalue weighted by Gasteiger charge is 2.21. The van der Waals surface area contributed by atoms with E-state index in [0.717, 1.165) is 30.7 Å². The van der Waals surface area contributed by atoms with Crippen molar-refractivity contribution in [3.8, 4) is 11.3 Å². The maximum Gasteiger partial charge on any atom is 0.345 e. The Morgan fingerprint density at radius 2 is 2.07 bits per heavy atom. The monoisotopic (exact) mass is 392 g/mol. The van der Waals surface area contributed by atoms with E-state index in [-0.39, 0.29) is 5.65 Å². The van der Waals surface area contributed by atoms with Gasteiger partial charge in [-0.1, -0.05) is 0 Å². The van der Waals surface area contributed by atoms with Gasteiger partial charge in [0.05, 0.1) is 11.3 Å². The largest absolute Gasteiger partial charge is 0.422 e. The number of hydrogen-bond acceptors (Lipinski definition) is 5. The SMILES string of the molecule is C[C@H]1CN(c2ccc3cc(-c4cn5cccc(F)c5n4)c(=O)oc3c2)CCN1C. The second kappa shape index (κ2) is 6.70. The summed E-state index contributed by atoms with van der Waals surface area (Å²) < 4.78 is 21.1. The lowest BCUT2D eigenvalue weighted by atomic mass is 10.1. The van der Waals surface area contributed by atoms with Crippen LogP contribution in [0.1, 0.15) is 6.92 Å². The van der Waals surface area contributed by atoms with E-state index in [9.17, 15) is 9.18 Å². The van der Waals surface area contributed by atoms with Gasteiger partial charge >= 0.3 is 5.63 Å². The summed E-state index contributed by atoms with van der Waals surface area (Å²) in [5, 5.41) is 0.808. The van der Waals surface area contributed by atoms with Crippen molar-refractivity contribution >= 4 is 22.3 Å². The predicted molar refractivity (Wildman–Crippen MR) is 111 cm³/mol. The number of aromatic nitrogens is 2.